The Balaban J connectivity index is 1.59. The Morgan fingerprint density at radius 2 is 1.47 bits per heavy atom. The summed E-state index contributed by atoms with van der Waals surface area (Å²) in [5, 5.41) is 4.10. The number of para-hydroxylation sites is 2. The SMILES string of the molecule is NCCOCCOCC/N=c1/cc2n(-c3ccc(C(N)=O)cc3)c3ccccc3nc-2cc1Nc1ccc(C(N)=O)cc1. The van der Waals surface area contributed by atoms with Gasteiger partial charge in [-0.15, -0.1) is 0 Å². The van der Waals surface area contributed by atoms with Crippen molar-refractivity contribution < 1.29 is 19.1 Å². The molecule has 0 bridgehead atoms. The van der Waals surface area contributed by atoms with Gasteiger partial charge in [-0.05, 0) is 72.8 Å². The lowest BCUT2D eigenvalue weighted by molar-refractivity contribution is 0.0538. The average Bonchev–Trinajstić information content (AvgIpc) is 3.01. The van der Waals surface area contributed by atoms with Gasteiger partial charge in [0.15, 0.2) is 0 Å². The van der Waals surface area contributed by atoms with E-state index in [-0.39, 0.29) is 0 Å². The minimum absolute atomic E-state index is 0.404. The van der Waals surface area contributed by atoms with Gasteiger partial charge in [-0.25, -0.2) is 4.98 Å². The molecule has 2 amide bonds. The van der Waals surface area contributed by atoms with Crippen LogP contribution in [0.5, 0.6) is 0 Å². The standard InChI is InChI=1S/C32H33N7O4/c33-13-15-42-17-18-43-16-14-36-26-20-30-28(19-27(26)37-23-9-5-21(6-10-23)31(34)40)38-25-3-1-2-4-29(25)39(30)24-11-7-22(8-12-24)32(35)41/h1-12,19-20,37H,13-18,33H2,(H2,34,40)(H2,35,41)/b36-26-. The molecule has 5 rings (SSSR count). The predicted octanol–water partition coefficient (Wildman–Crippen LogP) is 2.96. The van der Waals surface area contributed by atoms with Crippen LogP contribution in [0.3, 0.4) is 0 Å². The van der Waals surface area contributed by atoms with Crippen LogP contribution < -0.4 is 27.9 Å². The Bertz CT molecular complexity index is 1770. The lowest BCUT2D eigenvalue weighted by atomic mass is 10.1. The van der Waals surface area contributed by atoms with Crippen LogP contribution in [0.2, 0.25) is 0 Å². The summed E-state index contributed by atoms with van der Waals surface area (Å²) in [6, 6.07) is 25.8. The number of fused-ring (bicyclic) bond motifs is 2. The summed E-state index contributed by atoms with van der Waals surface area (Å²) < 4.78 is 13.1. The molecule has 0 unspecified atom stereocenters. The minimum Gasteiger partial charge on any atom is -0.378 e. The molecule has 0 aromatic heterocycles. The number of primary amides is 2. The van der Waals surface area contributed by atoms with Crippen molar-refractivity contribution in [1.29, 1.82) is 0 Å². The molecule has 43 heavy (non-hydrogen) atoms. The van der Waals surface area contributed by atoms with E-state index >= 15 is 0 Å². The summed E-state index contributed by atoms with van der Waals surface area (Å²) in [6.45, 7) is 2.69. The molecule has 3 aromatic carbocycles. The summed E-state index contributed by atoms with van der Waals surface area (Å²) in [4.78, 5) is 33.1. The zero-order valence-electron chi connectivity index (χ0n) is 23.5. The lowest BCUT2D eigenvalue weighted by Gasteiger charge is -2.20. The molecule has 1 heterocycles. The van der Waals surface area contributed by atoms with E-state index in [4.69, 9.17) is 36.7 Å². The molecule has 0 spiro atoms. The quantitative estimate of drug-likeness (QED) is 0.123. The second-order valence-corrected chi connectivity index (χ2v) is 9.67. The molecule has 0 saturated heterocycles. The van der Waals surface area contributed by atoms with Gasteiger partial charge in [0.1, 0.15) is 0 Å². The fraction of sp³-hybridized carbons (Fsp3) is 0.188. The first-order valence-electron chi connectivity index (χ1n) is 13.8. The molecule has 0 fully saturated rings. The van der Waals surface area contributed by atoms with E-state index in [9.17, 15) is 9.59 Å². The first-order chi connectivity index (χ1) is 20.9. The van der Waals surface area contributed by atoms with Crippen molar-refractivity contribution in [1.82, 2.24) is 9.55 Å². The van der Waals surface area contributed by atoms with Gasteiger partial charge < -0.3 is 36.6 Å². The van der Waals surface area contributed by atoms with Crippen LogP contribution in [0.4, 0.5) is 11.4 Å². The third kappa shape index (κ3) is 7.04. The number of hydrogen-bond acceptors (Lipinski definition) is 8. The predicted molar refractivity (Wildman–Crippen MR) is 166 cm³/mol. The Labute approximate surface area is 248 Å². The van der Waals surface area contributed by atoms with E-state index in [1.807, 2.05) is 48.5 Å². The number of aromatic nitrogens is 2. The largest absolute Gasteiger partial charge is 0.378 e. The van der Waals surface area contributed by atoms with E-state index < -0.39 is 11.8 Å². The molecular formula is C32H33N7O4. The molecule has 11 heteroatoms. The average molecular weight is 580 g/mol. The van der Waals surface area contributed by atoms with Crippen LogP contribution in [0.1, 0.15) is 20.7 Å². The smallest absolute Gasteiger partial charge is 0.248 e. The van der Waals surface area contributed by atoms with Crippen molar-refractivity contribution in [2.45, 2.75) is 0 Å². The van der Waals surface area contributed by atoms with Crippen LogP contribution in [-0.2, 0) is 9.47 Å². The maximum atomic E-state index is 11.7. The normalized spacial score (nSPS) is 11.7. The van der Waals surface area contributed by atoms with Gasteiger partial charge in [0.05, 0.1) is 66.4 Å². The molecule has 1 aliphatic carbocycles. The summed E-state index contributed by atoms with van der Waals surface area (Å²) in [6.07, 6.45) is 0. The summed E-state index contributed by atoms with van der Waals surface area (Å²) in [7, 11) is 0. The number of benzene rings is 4. The second kappa shape index (κ2) is 13.7. The number of nitrogens with zero attached hydrogens (tertiary/aromatic N) is 3. The first kappa shape index (κ1) is 29.4. The summed E-state index contributed by atoms with van der Waals surface area (Å²) in [5.41, 5.74) is 22.7. The minimum atomic E-state index is -0.495. The fourth-order valence-corrected chi connectivity index (χ4v) is 4.63. The molecule has 11 nitrogen and oxygen atoms in total. The van der Waals surface area contributed by atoms with Crippen LogP contribution in [0.15, 0.2) is 89.9 Å². The number of nitrogens with two attached hydrogens (primary N) is 3. The molecular weight excluding hydrogens is 546 g/mol. The van der Waals surface area contributed by atoms with Gasteiger partial charge >= 0.3 is 0 Å². The van der Waals surface area contributed by atoms with Gasteiger partial charge in [0, 0.05) is 29.0 Å². The third-order valence-electron chi connectivity index (χ3n) is 6.71. The van der Waals surface area contributed by atoms with Gasteiger partial charge in [0.25, 0.3) is 0 Å². The number of ether oxygens (including phenoxy) is 2. The van der Waals surface area contributed by atoms with Crippen molar-refractivity contribution in [3.05, 3.63) is 101 Å². The van der Waals surface area contributed by atoms with E-state index in [0.29, 0.717) is 56.0 Å². The number of rotatable bonds is 13. The number of amides is 2. The molecule has 0 saturated carbocycles. The van der Waals surface area contributed by atoms with Gasteiger partial charge in [-0.2, -0.15) is 0 Å². The zero-order valence-corrected chi connectivity index (χ0v) is 23.5. The number of carbonyl (C=O) groups is 2. The Morgan fingerprint density at radius 3 is 2.14 bits per heavy atom. The van der Waals surface area contributed by atoms with Crippen LogP contribution >= 0.6 is 0 Å². The van der Waals surface area contributed by atoms with E-state index in [2.05, 4.69) is 9.88 Å². The number of hydrogen-bond donors (Lipinski definition) is 4. The summed E-state index contributed by atoms with van der Waals surface area (Å²) >= 11 is 0. The number of carbonyl (C=O) groups excluding carboxylic acids is 2. The highest BCUT2D eigenvalue weighted by Crippen LogP contribution is 2.30. The maximum absolute atomic E-state index is 11.7. The van der Waals surface area contributed by atoms with Gasteiger partial charge in [0.2, 0.25) is 11.8 Å². The first-order valence-corrected chi connectivity index (χ1v) is 13.8. The van der Waals surface area contributed by atoms with Gasteiger partial charge in [-0.1, -0.05) is 12.1 Å². The Kier molecular flexibility index (Phi) is 9.37. The van der Waals surface area contributed by atoms with E-state index in [1.165, 1.54) is 0 Å². The van der Waals surface area contributed by atoms with Crippen molar-refractivity contribution in [3.63, 3.8) is 0 Å². The summed E-state index contributed by atoms with van der Waals surface area (Å²) in [5.74, 6) is -0.985. The molecule has 2 aliphatic rings. The van der Waals surface area contributed by atoms with E-state index in [1.54, 1.807) is 36.4 Å². The molecule has 0 radical (unpaired) electrons. The van der Waals surface area contributed by atoms with Crippen LogP contribution in [-0.4, -0.2) is 60.9 Å². The highest BCUT2D eigenvalue weighted by Gasteiger charge is 2.17. The van der Waals surface area contributed by atoms with Crippen LogP contribution in [0.25, 0.3) is 28.1 Å². The van der Waals surface area contributed by atoms with Crippen molar-refractivity contribution >= 4 is 34.2 Å². The Hall–Kier alpha value is -5.10. The maximum Gasteiger partial charge on any atom is 0.248 e. The van der Waals surface area contributed by atoms with Gasteiger partial charge in [-0.3, -0.25) is 14.6 Å². The topological polar surface area (TPSA) is 173 Å². The molecule has 0 atom stereocenters. The van der Waals surface area contributed by atoms with Crippen molar-refractivity contribution in [3.8, 4) is 17.1 Å². The highest BCUT2D eigenvalue weighted by molar-refractivity contribution is 5.94. The fourth-order valence-electron chi connectivity index (χ4n) is 4.63. The second-order valence-electron chi connectivity index (χ2n) is 9.67. The van der Waals surface area contributed by atoms with Crippen molar-refractivity contribution in [2.75, 3.05) is 44.8 Å². The van der Waals surface area contributed by atoms with E-state index in [0.717, 1.165) is 39.5 Å². The van der Waals surface area contributed by atoms with Crippen LogP contribution in [0, 0.1) is 0 Å². The molecule has 3 aromatic rings. The highest BCUT2D eigenvalue weighted by atomic mass is 16.5. The molecule has 220 valence electrons. The van der Waals surface area contributed by atoms with Crippen molar-refractivity contribution in [2.24, 2.45) is 22.2 Å². The number of anilines is 2. The number of nitrogens with one attached hydrogen (secondary N) is 1. The lowest BCUT2D eigenvalue weighted by Crippen LogP contribution is -2.17. The Morgan fingerprint density at radius 1 is 0.814 bits per heavy atom. The third-order valence-corrected chi connectivity index (χ3v) is 6.71. The molecule has 7 N–H and O–H groups in total. The monoisotopic (exact) mass is 579 g/mol. The zero-order chi connectivity index (χ0) is 30.2. The molecule has 1 aliphatic heterocycles.